The zero-order chi connectivity index (χ0) is 16.2. The molecule has 0 fully saturated rings. The van der Waals surface area contributed by atoms with E-state index in [1.807, 2.05) is 24.3 Å². The minimum Gasteiger partial charge on any atom is -0.421 e. The zero-order valence-electron chi connectivity index (χ0n) is 11.8. The van der Waals surface area contributed by atoms with Gasteiger partial charge in [-0.05, 0) is 29.8 Å². The smallest absolute Gasteiger partial charge is 0.240 e. The molecule has 0 amide bonds. The van der Waals surface area contributed by atoms with Crippen molar-refractivity contribution < 1.29 is 13.2 Å². The van der Waals surface area contributed by atoms with Crippen molar-refractivity contribution in [2.24, 2.45) is 0 Å². The van der Waals surface area contributed by atoms with E-state index in [1.54, 1.807) is 0 Å². The Balaban J connectivity index is 1.74. The average Bonchev–Trinajstić information content (AvgIpc) is 2.96. The molecule has 116 valence electrons. The maximum atomic E-state index is 13.5. The van der Waals surface area contributed by atoms with Gasteiger partial charge in [-0.1, -0.05) is 40.2 Å². The Kier molecular flexibility index (Phi) is 4.62. The van der Waals surface area contributed by atoms with Crippen molar-refractivity contribution in [3.8, 4) is 0 Å². The number of aromatic nitrogens is 2. The lowest BCUT2D eigenvalue weighted by Gasteiger charge is -1.97. The average molecular weight is 377 g/mol. The highest BCUT2D eigenvalue weighted by Gasteiger charge is 2.07. The van der Waals surface area contributed by atoms with E-state index in [-0.39, 0.29) is 11.5 Å². The van der Waals surface area contributed by atoms with E-state index in [2.05, 4.69) is 26.1 Å². The van der Waals surface area contributed by atoms with E-state index in [0.717, 1.165) is 16.1 Å². The summed E-state index contributed by atoms with van der Waals surface area (Å²) in [5.74, 6) is -1.12. The summed E-state index contributed by atoms with van der Waals surface area (Å²) in [5, 5.41) is 7.81. The van der Waals surface area contributed by atoms with Crippen LogP contribution in [0.1, 0.15) is 22.9 Å². The third kappa shape index (κ3) is 3.90. The molecule has 0 saturated carbocycles. The van der Waals surface area contributed by atoms with Crippen LogP contribution in [0.2, 0.25) is 0 Å². The molecule has 3 nitrogen and oxygen atoms in total. The second kappa shape index (κ2) is 6.83. The van der Waals surface area contributed by atoms with E-state index in [9.17, 15) is 8.78 Å². The normalized spacial score (nSPS) is 11.3. The van der Waals surface area contributed by atoms with Crippen LogP contribution < -0.4 is 0 Å². The highest BCUT2D eigenvalue weighted by molar-refractivity contribution is 9.10. The van der Waals surface area contributed by atoms with Crippen molar-refractivity contribution in [1.29, 1.82) is 0 Å². The SMILES string of the molecule is Fc1cccc(/C=C/c2nnc(Cc3cccc(Br)c3)o2)c1F. The van der Waals surface area contributed by atoms with Crippen LogP contribution in [0.3, 0.4) is 0 Å². The van der Waals surface area contributed by atoms with Gasteiger partial charge in [-0.15, -0.1) is 10.2 Å². The molecule has 1 heterocycles. The summed E-state index contributed by atoms with van der Waals surface area (Å²) in [4.78, 5) is 0. The first-order valence-corrected chi connectivity index (χ1v) is 7.60. The minimum atomic E-state index is -0.905. The molecule has 23 heavy (non-hydrogen) atoms. The molecule has 0 N–H and O–H groups in total. The Labute approximate surface area is 139 Å². The number of rotatable bonds is 4. The monoisotopic (exact) mass is 376 g/mol. The first-order valence-electron chi connectivity index (χ1n) is 6.81. The molecule has 1 aromatic heterocycles. The predicted octanol–water partition coefficient (Wildman–Crippen LogP) is 4.87. The van der Waals surface area contributed by atoms with Crippen molar-refractivity contribution in [1.82, 2.24) is 10.2 Å². The molecule has 0 aliphatic rings. The Morgan fingerprint density at radius 2 is 1.87 bits per heavy atom. The van der Waals surface area contributed by atoms with E-state index < -0.39 is 11.6 Å². The topological polar surface area (TPSA) is 38.9 Å². The van der Waals surface area contributed by atoms with Gasteiger partial charge in [0, 0.05) is 16.1 Å². The van der Waals surface area contributed by atoms with Crippen LogP contribution in [-0.4, -0.2) is 10.2 Å². The second-order valence-corrected chi connectivity index (χ2v) is 5.73. The van der Waals surface area contributed by atoms with Crippen molar-refractivity contribution >= 4 is 28.1 Å². The van der Waals surface area contributed by atoms with Gasteiger partial charge in [0.25, 0.3) is 0 Å². The number of hydrogen-bond acceptors (Lipinski definition) is 3. The molecular weight excluding hydrogens is 366 g/mol. The lowest BCUT2D eigenvalue weighted by molar-refractivity contribution is 0.496. The fourth-order valence-corrected chi connectivity index (χ4v) is 2.48. The molecule has 6 heteroatoms. The van der Waals surface area contributed by atoms with Gasteiger partial charge in [-0.3, -0.25) is 0 Å². The third-order valence-corrected chi connectivity index (χ3v) is 3.61. The van der Waals surface area contributed by atoms with Crippen LogP contribution in [0.5, 0.6) is 0 Å². The molecule has 0 atom stereocenters. The molecule has 0 saturated heterocycles. The van der Waals surface area contributed by atoms with Crippen molar-refractivity contribution in [2.45, 2.75) is 6.42 Å². The lowest BCUT2D eigenvalue weighted by Crippen LogP contribution is -1.87. The summed E-state index contributed by atoms with van der Waals surface area (Å²) >= 11 is 3.40. The quantitative estimate of drug-likeness (QED) is 0.651. The Morgan fingerprint density at radius 1 is 1.04 bits per heavy atom. The number of halogens is 3. The fraction of sp³-hybridized carbons (Fsp3) is 0.0588. The predicted molar refractivity (Wildman–Crippen MR) is 86.5 cm³/mol. The van der Waals surface area contributed by atoms with E-state index in [0.29, 0.717) is 12.3 Å². The first kappa shape index (κ1) is 15.6. The van der Waals surface area contributed by atoms with Gasteiger partial charge in [0.05, 0.1) is 6.42 Å². The molecule has 3 rings (SSSR count). The Morgan fingerprint density at radius 3 is 2.70 bits per heavy atom. The zero-order valence-corrected chi connectivity index (χ0v) is 13.4. The number of benzene rings is 2. The largest absolute Gasteiger partial charge is 0.421 e. The summed E-state index contributed by atoms with van der Waals surface area (Å²) in [5.41, 5.74) is 1.14. The van der Waals surface area contributed by atoms with Crippen LogP contribution in [-0.2, 0) is 6.42 Å². The fourth-order valence-electron chi connectivity index (χ4n) is 2.04. The van der Waals surface area contributed by atoms with Crippen LogP contribution in [0.15, 0.2) is 51.4 Å². The van der Waals surface area contributed by atoms with Gasteiger partial charge in [-0.2, -0.15) is 0 Å². The molecule has 0 aliphatic carbocycles. The lowest BCUT2D eigenvalue weighted by atomic mass is 10.1. The van der Waals surface area contributed by atoms with Gasteiger partial charge in [-0.25, -0.2) is 8.78 Å². The highest BCUT2D eigenvalue weighted by atomic mass is 79.9. The van der Waals surface area contributed by atoms with Crippen LogP contribution >= 0.6 is 15.9 Å². The van der Waals surface area contributed by atoms with Crippen LogP contribution in [0, 0.1) is 11.6 Å². The van der Waals surface area contributed by atoms with E-state index in [1.165, 1.54) is 24.3 Å². The number of nitrogens with zero attached hydrogens (tertiary/aromatic N) is 2. The van der Waals surface area contributed by atoms with Crippen LogP contribution in [0.25, 0.3) is 12.2 Å². The molecular formula is C17H11BrF2N2O. The van der Waals surface area contributed by atoms with E-state index in [4.69, 9.17) is 4.42 Å². The van der Waals surface area contributed by atoms with Crippen molar-refractivity contribution in [3.63, 3.8) is 0 Å². The second-order valence-electron chi connectivity index (χ2n) is 4.82. The van der Waals surface area contributed by atoms with Crippen molar-refractivity contribution in [3.05, 3.63) is 81.5 Å². The van der Waals surface area contributed by atoms with Gasteiger partial charge < -0.3 is 4.42 Å². The first-order chi connectivity index (χ1) is 11.1. The maximum Gasteiger partial charge on any atom is 0.240 e. The summed E-state index contributed by atoms with van der Waals surface area (Å²) < 4.78 is 33.1. The maximum absolute atomic E-state index is 13.5. The van der Waals surface area contributed by atoms with Crippen molar-refractivity contribution in [2.75, 3.05) is 0 Å². The van der Waals surface area contributed by atoms with Gasteiger partial charge in [0.15, 0.2) is 11.6 Å². The van der Waals surface area contributed by atoms with Gasteiger partial charge in [0.1, 0.15) is 0 Å². The molecule has 3 aromatic rings. The molecule has 0 aliphatic heterocycles. The highest BCUT2D eigenvalue weighted by Crippen LogP contribution is 2.17. The standard InChI is InChI=1S/C17H11BrF2N2O/c18-13-5-1-3-11(9-13)10-16-22-21-15(23-16)8-7-12-4-2-6-14(19)17(12)20/h1-9H,10H2/b8-7+. The molecule has 2 aromatic carbocycles. The third-order valence-electron chi connectivity index (χ3n) is 3.11. The Hall–Kier alpha value is -2.34. The molecule has 0 radical (unpaired) electrons. The molecule has 0 bridgehead atoms. The van der Waals surface area contributed by atoms with Crippen LogP contribution in [0.4, 0.5) is 8.78 Å². The molecule has 0 spiro atoms. The number of hydrogen-bond donors (Lipinski definition) is 0. The minimum absolute atomic E-state index is 0.122. The summed E-state index contributed by atoms with van der Waals surface area (Å²) in [6.07, 6.45) is 3.35. The van der Waals surface area contributed by atoms with Gasteiger partial charge in [0.2, 0.25) is 11.8 Å². The Bertz CT molecular complexity index is 861. The summed E-state index contributed by atoms with van der Waals surface area (Å²) in [6, 6.07) is 11.7. The summed E-state index contributed by atoms with van der Waals surface area (Å²) in [7, 11) is 0. The molecule has 0 unspecified atom stereocenters. The van der Waals surface area contributed by atoms with Gasteiger partial charge >= 0.3 is 0 Å². The van der Waals surface area contributed by atoms with E-state index >= 15 is 0 Å². The summed E-state index contributed by atoms with van der Waals surface area (Å²) in [6.45, 7) is 0.